The number of hydrogen-bond donors (Lipinski definition) is 2. The first-order valence-corrected chi connectivity index (χ1v) is 6.79. The maximum absolute atomic E-state index is 12.1. The lowest BCUT2D eigenvalue weighted by Crippen LogP contribution is -2.23. The molecule has 3 N–H and O–H groups in total. The predicted molar refractivity (Wildman–Crippen MR) is 73.0 cm³/mol. The molecular weight excluding hydrogens is 283 g/mol. The number of guanidine groups is 1. The Kier molecular flexibility index (Phi) is 3.22. The van der Waals surface area contributed by atoms with E-state index in [1.165, 1.54) is 37.5 Å². The lowest BCUT2D eigenvalue weighted by molar-refractivity contribution is -0.274. The fraction of sp³-hybridized carbons (Fsp3) is 0.500. The second kappa shape index (κ2) is 4.82. The van der Waals surface area contributed by atoms with Gasteiger partial charge in [-0.25, -0.2) is 0 Å². The fourth-order valence-electron chi connectivity index (χ4n) is 2.63. The number of hydrogen-bond acceptors (Lipinski definition) is 2. The third-order valence-corrected chi connectivity index (χ3v) is 4.07. The molecule has 3 rings (SSSR count). The number of aliphatic imine (C=N–C) groups is 1. The molecule has 4 nitrogen and oxygen atoms in total. The van der Waals surface area contributed by atoms with Gasteiger partial charge in [-0.3, -0.25) is 4.99 Å². The van der Waals surface area contributed by atoms with Crippen molar-refractivity contribution in [2.45, 2.75) is 25.6 Å². The zero-order chi connectivity index (χ0) is 15.1. The summed E-state index contributed by atoms with van der Waals surface area (Å²) in [6.07, 6.45) is -0.907. The first-order chi connectivity index (χ1) is 9.86. The monoisotopic (exact) mass is 299 g/mol. The number of ether oxygens (including phenoxy) is 1. The third-order valence-electron chi connectivity index (χ3n) is 4.07. The average Bonchev–Trinajstić information content (AvgIpc) is 3.26. The highest BCUT2D eigenvalue weighted by Crippen LogP contribution is 2.70. The minimum atomic E-state index is -4.71. The molecule has 0 radical (unpaired) electrons. The Morgan fingerprint density at radius 2 is 2.19 bits per heavy atom. The van der Waals surface area contributed by atoms with Crippen LogP contribution >= 0.6 is 0 Å². The molecule has 0 bridgehead atoms. The summed E-state index contributed by atoms with van der Waals surface area (Å²) in [5.41, 5.74) is 6.72. The molecule has 1 spiro atoms. The summed E-state index contributed by atoms with van der Waals surface area (Å²) < 4.78 is 40.3. The van der Waals surface area contributed by atoms with E-state index >= 15 is 0 Å². The van der Waals surface area contributed by atoms with E-state index in [0.29, 0.717) is 23.6 Å². The number of nitrogens with one attached hydrogen (secondary N) is 1. The van der Waals surface area contributed by atoms with Gasteiger partial charge in [-0.15, -0.1) is 13.2 Å². The van der Waals surface area contributed by atoms with Gasteiger partial charge in [-0.1, -0.05) is 6.07 Å². The standard InChI is InChI=1S/C14H16F3N3O/c15-14(16,17)21-11-3-1-2-10(6-11)20-12(18)19-8-9-7-13(9)4-5-13/h1-3,6,9H,4-5,7-8H2,(H3,18,19,20). The second-order valence-corrected chi connectivity index (χ2v) is 5.69. The van der Waals surface area contributed by atoms with Gasteiger partial charge < -0.3 is 15.8 Å². The van der Waals surface area contributed by atoms with E-state index in [4.69, 9.17) is 5.73 Å². The topological polar surface area (TPSA) is 59.6 Å². The molecule has 2 saturated carbocycles. The number of alkyl halides is 3. The molecule has 114 valence electrons. The van der Waals surface area contributed by atoms with E-state index in [2.05, 4.69) is 15.0 Å². The van der Waals surface area contributed by atoms with Crippen molar-refractivity contribution in [1.82, 2.24) is 0 Å². The molecule has 0 aromatic heterocycles. The van der Waals surface area contributed by atoms with Crippen LogP contribution in [0.15, 0.2) is 29.3 Å². The highest BCUT2D eigenvalue weighted by Gasteiger charge is 2.62. The summed E-state index contributed by atoms with van der Waals surface area (Å²) in [5, 5.41) is 2.78. The lowest BCUT2D eigenvalue weighted by Gasteiger charge is -2.11. The number of rotatable bonds is 4. The second-order valence-electron chi connectivity index (χ2n) is 5.69. The molecule has 1 unspecified atom stereocenters. The van der Waals surface area contributed by atoms with Crippen molar-refractivity contribution in [2.24, 2.45) is 22.1 Å². The summed E-state index contributed by atoms with van der Waals surface area (Å²) in [7, 11) is 0. The zero-order valence-corrected chi connectivity index (χ0v) is 11.3. The van der Waals surface area contributed by atoms with Gasteiger partial charge in [0.25, 0.3) is 0 Å². The highest BCUT2D eigenvalue weighted by atomic mass is 19.4. The van der Waals surface area contributed by atoms with E-state index in [-0.39, 0.29) is 11.7 Å². The van der Waals surface area contributed by atoms with Crippen LogP contribution in [0, 0.1) is 11.3 Å². The van der Waals surface area contributed by atoms with Crippen LogP contribution in [0.2, 0.25) is 0 Å². The van der Waals surface area contributed by atoms with Crippen LogP contribution in [0.4, 0.5) is 18.9 Å². The Morgan fingerprint density at radius 3 is 2.81 bits per heavy atom. The van der Waals surface area contributed by atoms with Crippen molar-refractivity contribution < 1.29 is 17.9 Å². The van der Waals surface area contributed by atoms with Crippen molar-refractivity contribution >= 4 is 11.6 Å². The molecule has 0 amide bonds. The quantitative estimate of drug-likeness (QED) is 0.663. The molecule has 0 saturated heterocycles. The third kappa shape index (κ3) is 3.59. The van der Waals surface area contributed by atoms with Crippen LogP contribution in [-0.4, -0.2) is 18.9 Å². The van der Waals surface area contributed by atoms with Crippen molar-refractivity contribution in [3.8, 4) is 5.75 Å². The number of nitrogens with zero attached hydrogens (tertiary/aromatic N) is 1. The number of benzene rings is 1. The van der Waals surface area contributed by atoms with Gasteiger partial charge >= 0.3 is 6.36 Å². The molecule has 0 aliphatic heterocycles. The number of halogens is 3. The van der Waals surface area contributed by atoms with Gasteiger partial charge in [0.05, 0.1) is 0 Å². The van der Waals surface area contributed by atoms with E-state index < -0.39 is 6.36 Å². The molecule has 1 atom stereocenters. The normalized spacial score (nSPS) is 23.0. The maximum atomic E-state index is 12.1. The molecule has 2 aliphatic rings. The van der Waals surface area contributed by atoms with Gasteiger partial charge in [0.1, 0.15) is 5.75 Å². The molecule has 1 aromatic rings. The Bertz CT molecular complexity index is 567. The minimum absolute atomic E-state index is 0.210. The van der Waals surface area contributed by atoms with Crippen LogP contribution in [-0.2, 0) is 0 Å². The van der Waals surface area contributed by atoms with Gasteiger partial charge in [0, 0.05) is 18.3 Å². The largest absolute Gasteiger partial charge is 0.573 e. The smallest absolute Gasteiger partial charge is 0.406 e. The minimum Gasteiger partial charge on any atom is -0.406 e. The Balaban J connectivity index is 1.56. The van der Waals surface area contributed by atoms with Crippen LogP contribution < -0.4 is 15.8 Å². The Labute approximate surface area is 120 Å². The van der Waals surface area contributed by atoms with Gasteiger partial charge in [-0.05, 0) is 42.7 Å². The Hall–Kier alpha value is -1.92. The molecular formula is C14H16F3N3O. The van der Waals surface area contributed by atoms with E-state index in [0.717, 1.165) is 0 Å². The van der Waals surface area contributed by atoms with Gasteiger partial charge in [0.15, 0.2) is 5.96 Å². The van der Waals surface area contributed by atoms with Crippen molar-refractivity contribution in [3.05, 3.63) is 24.3 Å². The van der Waals surface area contributed by atoms with Gasteiger partial charge in [0.2, 0.25) is 0 Å². The van der Waals surface area contributed by atoms with E-state index in [1.807, 2.05) is 0 Å². The lowest BCUT2D eigenvalue weighted by atomic mass is 10.3. The summed E-state index contributed by atoms with van der Waals surface area (Å²) in [6.45, 7) is 0.678. The number of anilines is 1. The van der Waals surface area contributed by atoms with Gasteiger partial charge in [-0.2, -0.15) is 0 Å². The first kappa shape index (κ1) is 14.0. The molecule has 21 heavy (non-hydrogen) atoms. The van der Waals surface area contributed by atoms with Crippen LogP contribution in [0.25, 0.3) is 0 Å². The molecule has 0 heterocycles. The molecule has 2 fully saturated rings. The Morgan fingerprint density at radius 1 is 1.43 bits per heavy atom. The van der Waals surface area contributed by atoms with Crippen LogP contribution in [0.1, 0.15) is 19.3 Å². The van der Waals surface area contributed by atoms with Crippen LogP contribution in [0.3, 0.4) is 0 Å². The first-order valence-electron chi connectivity index (χ1n) is 6.79. The SMILES string of the molecule is NC(=NCC1CC12CC2)Nc1cccc(OC(F)(F)F)c1. The van der Waals surface area contributed by atoms with Crippen molar-refractivity contribution in [3.63, 3.8) is 0 Å². The molecule has 1 aromatic carbocycles. The zero-order valence-electron chi connectivity index (χ0n) is 11.3. The van der Waals surface area contributed by atoms with Crippen molar-refractivity contribution in [1.29, 1.82) is 0 Å². The summed E-state index contributed by atoms with van der Waals surface area (Å²) in [5.74, 6) is 0.541. The van der Waals surface area contributed by atoms with Crippen LogP contribution in [0.5, 0.6) is 5.75 Å². The average molecular weight is 299 g/mol. The van der Waals surface area contributed by atoms with E-state index in [1.54, 1.807) is 6.07 Å². The summed E-state index contributed by atoms with van der Waals surface area (Å²) >= 11 is 0. The molecule has 7 heteroatoms. The summed E-state index contributed by atoms with van der Waals surface area (Å²) in [6, 6.07) is 5.52. The van der Waals surface area contributed by atoms with Crippen molar-refractivity contribution in [2.75, 3.05) is 11.9 Å². The molecule has 2 aliphatic carbocycles. The highest BCUT2D eigenvalue weighted by molar-refractivity contribution is 5.92. The maximum Gasteiger partial charge on any atom is 0.573 e. The fourth-order valence-corrected chi connectivity index (χ4v) is 2.63. The van der Waals surface area contributed by atoms with E-state index in [9.17, 15) is 13.2 Å². The number of nitrogens with two attached hydrogens (primary N) is 1. The predicted octanol–water partition coefficient (Wildman–Crippen LogP) is 3.11. The summed E-state index contributed by atoms with van der Waals surface area (Å²) in [4.78, 5) is 4.24.